The molecule has 1 fully saturated rings. The Balaban J connectivity index is 1.51. The molecule has 29 heavy (non-hydrogen) atoms. The molecule has 1 aliphatic heterocycles. The molecule has 158 valence electrons. The maximum absolute atomic E-state index is 12.4. The molecule has 2 aromatic carbocycles. The lowest BCUT2D eigenvalue weighted by Gasteiger charge is -2.35. The number of hydrogen-bond donors (Lipinski definition) is 2. The number of methoxy groups -OCH3 is 1. The molecule has 0 bridgehead atoms. The Labute approximate surface area is 173 Å². The highest BCUT2D eigenvalue weighted by Crippen LogP contribution is 2.21. The van der Waals surface area contributed by atoms with E-state index < -0.39 is 0 Å². The van der Waals surface area contributed by atoms with Crippen LogP contribution >= 0.6 is 0 Å². The Morgan fingerprint density at radius 2 is 1.83 bits per heavy atom. The Kier molecular flexibility index (Phi) is 7.72. The Morgan fingerprint density at radius 3 is 2.55 bits per heavy atom. The Morgan fingerprint density at radius 1 is 1.10 bits per heavy atom. The summed E-state index contributed by atoms with van der Waals surface area (Å²) in [7, 11) is 1.67. The Bertz CT molecular complexity index is 803. The van der Waals surface area contributed by atoms with E-state index in [0.29, 0.717) is 25.0 Å². The van der Waals surface area contributed by atoms with E-state index in [9.17, 15) is 4.79 Å². The first-order chi connectivity index (χ1) is 14.0. The molecule has 0 aliphatic carbocycles. The van der Waals surface area contributed by atoms with Crippen LogP contribution in [0.3, 0.4) is 0 Å². The summed E-state index contributed by atoms with van der Waals surface area (Å²) in [4.78, 5) is 14.8. The SMILES string of the molecule is COc1ccc2cc(CNC(=O)NCC(CC(C)C)N3CCOCC3)ccc2c1. The number of rotatable bonds is 8. The minimum atomic E-state index is -0.123. The molecule has 0 saturated carbocycles. The fraction of sp³-hybridized carbons (Fsp3) is 0.522. The molecule has 1 saturated heterocycles. The van der Waals surface area contributed by atoms with E-state index in [4.69, 9.17) is 9.47 Å². The first kappa shape index (κ1) is 21.4. The van der Waals surface area contributed by atoms with Crippen molar-refractivity contribution < 1.29 is 14.3 Å². The van der Waals surface area contributed by atoms with Crippen molar-refractivity contribution >= 4 is 16.8 Å². The number of amides is 2. The first-order valence-corrected chi connectivity index (χ1v) is 10.5. The molecule has 6 nitrogen and oxygen atoms in total. The molecule has 1 atom stereocenters. The van der Waals surface area contributed by atoms with Gasteiger partial charge in [-0.05, 0) is 46.9 Å². The Hall–Kier alpha value is -2.31. The van der Waals surface area contributed by atoms with Gasteiger partial charge in [0.15, 0.2) is 0 Å². The minimum absolute atomic E-state index is 0.123. The minimum Gasteiger partial charge on any atom is -0.497 e. The highest BCUT2D eigenvalue weighted by molar-refractivity contribution is 5.84. The number of morpholine rings is 1. The summed E-state index contributed by atoms with van der Waals surface area (Å²) in [5, 5.41) is 8.30. The number of fused-ring (bicyclic) bond motifs is 1. The smallest absolute Gasteiger partial charge is 0.315 e. The molecule has 1 unspecified atom stereocenters. The standard InChI is InChI=1S/C23H33N3O3/c1-17(2)12-21(26-8-10-29-11-9-26)16-25-23(27)24-15-18-4-5-20-14-22(28-3)7-6-19(20)13-18/h4-7,13-14,17,21H,8-12,15-16H2,1-3H3,(H2,24,25,27). The third-order valence-corrected chi connectivity index (χ3v) is 5.37. The van der Waals surface area contributed by atoms with Crippen LogP contribution < -0.4 is 15.4 Å². The summed E-state index contributed by atoms with van der Waals surface area (Å²) in [6.45, 7) is 9.02. The topological polar surface area (TPSA) is 62.8 Å². The van der Waals surface area contributed by atoms with E-state index in [1.165, 1.54) is 0 Å². The molecule has 2 amide bonds. The number of benzene rings is 2. The zero-order valence-electron chi connectivity index (χ0n) is 17.7. The molecule has 2 N–H and O–H groups in total. The monoisotopic (exact) mass is 399 g/mol. The molecular weight excluding hydrogens is 366 g/mol. The molecular formula is C23H33N3O3. The van der Waals surface area contributed by atoms with Crippen molar-refractivity contribution in [3.63, 3.8) is 0 Å². The number of ether oxygens (including phenoxy) is 2. The summed E-state index contributed by atoms with van der Waals surface area (Å²) >= 11 is 0. The highest BCUT2D eigenvalue weighted by Gasteiger charge is 2.22. The van der Waals surface area contributed by atoms with Gasteiger partial charge in [0.1, 0.15) is 5.75 Å². The lowest BCUT2D eigenvalue weighted by molar-refractivity contribution is 0.0129. The summed E-state index contributed by atoms with van der Waals surface area (Å²) < 4.78 is 10.7. The maximum atomic E-state index is 12.4. The number of urea groups is 1. The third kappa shape index (κ3) is 6.34. The van der Waals surface area contributed by atoms with Crippen LogP contribution in [0.1, 0.15) is 25.8 Å². The van der Waals surface area contributed by atoms with Crippen molar-refractivity contribution in [2.75, 3.05) is 40.0 Å². The van der Waals surface area contributed by atoms with Gasteiger partial charge in [0.2, 0.25) is 0 Å². The number of carbonyl (C=O) groups excluding carboxylic acids is 1. The van der Waals surface area contributed by atoms with Gasteiger partial charge in [0, 0.05) is 32.2 Å². The van der Waals surface area contributed by atoms with Gasteiger partial charge in [-0.25, -0.2) is 4.79 Å². The van der Waals surface area contributed by atoms with Gasteiger partial charge in [-0.1, -0.05) is 32.0 Å². The van der Waals surface area contributed by atoms with E-state index in [1.807, 2.05) is 24.3 Å². The number of nitrogens with zero attached hydrogens (tertiary/aromatic N) is 1. The van der Waals surface area contributed by atoms with Crippen molar-refractivity contribution in [3.8, 4) is 5.75 Å². The van der Waals surface area contributed by atoms with Crippen molar-refractivity contribution in [1.29, 1.82) is 0 Å². The van der Waals surface area contributed by atoms with Gasteiger partial charge in [-0.2, -0.15) is 0 Å². The molecule has 1 aliphatic rings. The average Bonchev–Trinajstić information content (AvgIpc) is 2.75. The van der Waals surface area contributed by atoms with Gasteiger partial charge >= 0.3 is 6.03 Å². The van der Waals surface area contributed by atoms with E-state index in [0.717, 1.165) is 54.8 Å². The van der Waals surface area contributed by atoms with Crippen LogP contribution in [0, 0.1) is 5.92 Å². The second-order valence-electron chi connectivity index (χ2n) is 8.04. The van der Waals surface area contributed by atoms with Gasteiger partial charge in [0.05, 0.1) is 20.3 Å². The first-order valence-electron chi connectivity index (χ1n) is 10.5. The molecule has 6 heteroatoms. The van der Waals surface area contributed by atoms with Crippen LogP contribution in [0.4, 0.5) is 4.79 Å². The van der Waals surface area contributed by atoms with Crippen molar-refractivity contribution in [1.82, 2.24) is 15.5 Å². The fourth-order valence-corrected chi connectivity index (χ4v) is 3.81. The molecule has 0 radical (unpaired) electrons. The molecule has 2 aromatic rings. The van der Waals surface area contributed by atoms with Crippen molar-refractivity contribution in [2.24, 2.45) is 5.92 Å². The predicted molar refractivity (Wildman–Crippen MR) is 116 cm³/mol. The van der Waals surface area contributed by atoms with E-state index in [2.05, 4.69) is 41.5 Å². The van der Waals surface area contributed by atoms with Crippen LogP contribution in [0.15, 0.2) is 36.4 Å². The average molecular weight is 400 g/mol. The maximum Gasteiger partial charge on any atom is 0.315 e. The van der Waals surface area contributed by atoms with Crippen LogP contribution in [0.5, 0.6) is 5.75 Å². The highest BCUT2D eigenvalue weighted by atomic mass is 16.5. The van der Waals surface area contributed by atoms with Gasteiger partial charge in [-0.3, -0.25) is 4.90 Å². The lowest BCUT2D eigenvalue weighted by Crippen LogP contribution is -2.50. The van der Waals surface area contributed by atoms with Gasteiger partial charge in [0.25, 0.3) is 0 Å². The van der Waals surface area contributed by atoms with Crippen molar-refractivity contribution in [2.45, 2.75) is 32.9 Å². The fourth-order valence-electron chi connectivity index (χ4n) is 3.81. The molecule has 1 heterocycles. The largest absolute Gasteiger partial charge is 0.497 e. The predicted octanol–water partition coefficient (Wildman–Crippen LogP) is 3.39. The quantitative estimate of drug-likeness (QED) is 0.714. The van der Waals surface area contributed by atoms with Gasteiger partial charge < -0.3 is 20.1 Å². The van der Waals surface area contributed by atoms with Crippen molar-refractivity contribution in [3.05, 3.63) is 42.0 Å². The summed E-state index contributed by atoms with van der Waals surface area (Å²) in [5.74, 6) is 1.43. The number of carbonyl (C=O) groups is 1. The van der Waals surface area contributed by atoms with E-state index >= 15 is 0 Å². The van der Waals surface area contributed by atoms with Crippen LogP contribution in [-0.4, -0.2) is 56.9 Å². The second kappa shape index (κ2) is 10.5. The zero-order chi connectivity index (χ0) is 20.6. The molecule has 0 spiro atoms. The third-order valence-electron chi connectivity index (χ3n) is 5.37. The summed E-state index contributed by atoms with van der Waals surface area (Å²) in [6, 6.07) is 12.4. The number of nitrogens with one attached hydrogen (secondary N) is 2. The van der Waals surface area contributed by atoms with E-state index in [1.54, 1.807) is 7.11 Å². The van der Waals surface area contributed by atoms with E-state index in [-0.39, 0.29) is 6.03 Å². The summed E-state index contributed by atoms with van der Waals surface area (Å²) in [5.41, 5.74) is 1.07. The normalized spacial score (nSPS) is 16.0. The second-order valence-corrected chi connectivity index (χ2v) is 8.04. The van der Waals surface area contributed by atoms with Crippen LogP contribution in [0.25, 0.3) is 10.8 Å². The molecule has 3 rings (SSSR count). The molecule has 0 aromatic heterocycles. The van der Waals surface area contributed by atoms with Crippen LogP contribution in [0.2, 0.25) is 0 Å². The zero-order valence-corrected chi connectivity index (χ0v) is 17.7. The van der Waals surface area contributed by atoms with Crippen LogP contribution in [-0.2, 0) is 11.3 Å². The number of hydrogen-bond acceptors (Lipinski definition) is 4. The van der Waals surface area contributed by atoms with Gasteiger partial charge in [-0.15, -0.1) is 0 Å². The summed E-state index contributed by atoms with van der Waals surface area (Å²) in [6.07, 6.45) is 1.06. The lowest BCUT2D eigenvalue weighted by atomic mass is 10.0.